The number of likely N-dealkylation sites (tertiary alicyclic amines) is 1. The first-order chi connectivity index (χ1) is 16.9. The van der Waals surface area contributed by atoms with E-state index in [0.29, 0.717) is 43.2 Å². The summed E-state index contributed by atoms with van der Waals surface area (Å²) in [5.41, 5.74) is 2.96. The van der Waals surface area contributed by atoms with Gasteiger partial charge in [-0.15, -0.1) is 0 Å². The van der Waals surface area contributed by atoms with Crippen LogP contribution in [0.2, 0.25) is 0 Å². The number of hydrogen-bond acceptors (Lipinski definition) is 5. The van der Waals surface area contributed by atoms with Crippen LogP contribution in [-0.2, 0) is 16.0 Å². The monoisotopic (exact) mass is 476 g/mol. The lowest BCUT2D eigenvalue weighted by molar-refractivity contribution is -0.129. The molecule has 0 saturated carbocycles. The van der Waals surface area contributed by atoms with Crippen molar-refractivity contribution in [3.63, 3.8) is 0 Å². The molecule has 0 aromatic heterocycles. The predicted molar refractivity (Wildman–Crippen MR) is 136 cm³/mol. The van der Waals surface area contributed by atoms with Gasteiger partial charge in [0.15, 0.2) is 11.5 Å². The van der Waals surface area contributed by atoms with Crippen molar-refractivity contribution < 1.29 is 23.8 Å². The van der Waals surface area contributed by atoms with Crippen LogP contribution in [0.15, 0.2) is 48.5 Å². The van der Waals surface area contributed by atoms with Gasteiger partial charge in [0.05, 0.1) is 27.8 Å². The molecule has 1 unspecified atom stereocenters. The quantitative estimate of drug-likeness (QED) is 0.527. The Hall–Kier alpha value is -3.74. The number of rotatable bonds is 8. The topological polar surface area (TPSA) is 77.1 Å². The minimum absolute atomic E-state index is 0.0322. The van der Waals surface area contributed by atoms with Gasteiger partial charge >= 0.3 is 0 Å². The molecular weight excluding hydrogens is 444 g/mol. The third-order valence-corrected chi connectivity index (χ3v) is 6.49. The van der Waals surface area contributed by atoms with Gasteiger partial charge in [-0.1, -0.05) is 37.3 Å². The lowest BCUT2D eigenvalue weighted by Crippen LogP contribution is -2.38. The highest BCUT2D eigenvalue weighted by atomic mass is 16.5. The molecule has 0 spiro atoms. The van der Waals surface area contributed by atoms with Crippen molar-refractivity contribution in [2.75, 3.05) is 34.4 Å². The van der Waals surface area contributed by atoms with Gasteiger partial charge < -0.3 is 24.4 Å². The van der Waals surface area contributed by atoms with Crippen LogP contribution in [0.5, 0.6) is 17.2 Å². The van der Waals surface area contributed by atoms with E-state index >= 15 is 0 Å². The Morgan fingerprint density at radius 1 is 0.914 bits per heavy atom. The molecule has 184 valence electrons. The summed E-state index contributed by atoms with van der Waals surface area (Å²) < 4.78 is 16.4. The molecule has 3 aromatic rings. The second-order valence-electron chi connectivity index (χ2n) is 8.73. The largest absolute Gasteiger partial charge is 0.493 e. The minimum atomic E-state index is 0.0322. The van der Waals surface area contributed by atoms with Gasteiger partial charge in [0.1, 0.15) is 0 Å². The lowest BCUT2D eigenvalue weighted by Gasteiger charge is -2.17. The first-order valence-corrected chi connectivity index (χ1v) is 11.9. The van der Waals surface area contributed by atoms with Crippen LogP contribution in [0.3, 0.4) is 0 Å². The molecule has 1 N–H and O–H groups in total. The normalized spacial score (nSPS) is 15.2. The summed E-state index contributed by atoms with van der Waals surface area (Å²) in [6.45, 7) is 3.09. The van der Waals surface area contributed by atoms with E-state index < -0.39 is 0 Å². The van der Waals surface area contributed by atoms with Crippen molar-refractivity contribution in [3.05, 3.63) is 54.1 Å². The van der Waals surface area contributed by atoms with Crippen molar-refractivity contribution in [2.45, 2.75) is 32.2 Å². The number of ether oxygens (including phenoxy) is 3. The zero-order valence-electron chi connectivity index (χ0n) is 20.7. The van der Waals surface area contributed by atoms with Gasteiger partial charge in [-0.25, -0.2) is 0 Å². The van der Waals surface area contributed by atoms with E-state index in [4.69, 9.17) is 14.2 Å². The Labute approximate surface area is 206 Å². The number of nitrogens with one attached hydrogen (secondary N) is 1. The first-order valence-electron chi connectivity index (χ1n) is 11.9. The zero-order valence-corrected chi connectivity index (χ0v) is 20.7. The second kappa shape index (κ2) is 10.7. The molecule has 1 fully saturated rings. The van der Waals surface area contributed by atoms with Gasteiger partial charge in [0.25, 0.3) is 0 Å². The number of methoxy groups -OCH3 is 3. The first kappa shape index (κ1) is 24.4. The molecule has 2 amide bonds. The summed E-state index contributed by atoms with van der Waals surface area (Å²) in [5, 5.41) is 5.14. The molecule has 0 aliphatic carbocycles. The number of hydrogen-bond donors (Lipinski definition) is 1. The van der Waals surface area contributed by atoms with Crippen molar-refractivity contribution in [2.24, 2.45) is 0 Å². The molecule has 35 heavy (non-hydrogen) atoms. The van der Waals surface area contributed by atoms with Gasteiger partial charge in [0, 0.05) is 25.6 Å². The smallest absolute Gasteiger partial charge is 0.227 e. The maximum Gasteiger partial charge on any atom is 0.227 e. The molecule has 0 radical (unpaired) electrons. The zero-order chi connectivity index (χ0) is 24.9. The number of amides is 2. The Balaban J connectivity index is 1.50. The Morgan fingerprint density at radius 3 is 2.26 bits per heavy atom. The molecule has 3 aromatic carbocycles. The second-order valence-corrected chi connectivity index (χ2v) is 8.73. The summed E-state index contributed by atoms with van der Waals surface area (Å²) >= 11 is 0. The molecule has 4 rings (SSSR count). The van der Waals surface area contributed by atoms with Crippen molar-refractivity contribution in [1.29, 1.82) is 0 Å². The van der Waals surface area contributed by atoms with Crippen molar-refractivity contribution in [1.82, 2.24) is 10.2 Å². The van der Waals surface area contributed by atoms with Crippen LogP contribution >= 0.6 is 0 Å². The van der Waals surface area contributed by atoms with Crippen LogP contribution < -0.4 is 19.5 Å². The Morgan fingerprint density at radius 2 is 1.60 bits per heavy atom. The number of nitrogens with zero attached hydrogens (tertiary/aromatic N) is 1. The minimum Gasteiger partial charge on any atom is -0.493 e. The molecule has 1 heterocycles. The highest BCUT2D eigenvalue weighted by molar-refractivity contribution is 5.89. The molecule has 1 saturated heterocycles. The van der Waals surface area contributed by atoms with Crippen molar-refractivity contribution in [3.8, 4) is 28.4 Å². The van der Waals surface area contributed by atoms with Crippen LogP contribution in [0, 0.1) is 0 Å². The van der Waals surface area contributed by atoms with E-state index in [9.17, 15) is 9.59 Å². The van der Waals surface area contributed by atoms with E-state index in [-0.39, 0.29) is 17.9 Å². The van der Waals surface area contributed by atoms with E-state index in [2.05, 4.69) is 29.6 Å². The number of fused-ring (bicyclic) bond motifs is 1. The maximum absolute atomic E-state index is 12.8. The van der Waals surface area contributed by atoms with Crippen molar-refractivity contribution >= 4 is 22.6 Å². The molecular formula is C28H32N2O5. The summed E-state index contributed by atoms with van der Waals surface area (Å²) in [4.78, 5) is 26.3. The standard InChI is InChI=1S/C28H32N2O5/c1-5-26(31)29-23-10-11-30(17-23)27(32)13-18-6-7-20-14-21(9-8-19(20)12-18)22-15-24(33-2)28(35-4)25(16-22)34-3/h6-9,12,14-16,23H,5,10-11,13,17H2,1-4H3,(H,29,31). The van der Waals surface area contributed by atoms with Gasteiger partial charge in [-0.2, -0.15) is 0 Å². The van der Waals surface area contributed by atoms with Gasteiger partial charge in [0.2, 0.25) is 17.6 Å². The molecule has 1 atom stereocenters. The molecule has 0 bridgehead atoms. The van der Waals surface area contributed by atoms with E-state index in [0.717, 1.165) is 33.9 Å². The highest BCUT2D eigenvalue weighted by Crippen LogP contribution is 2.41. The van der Waals surface area contributed by atoms with Crippen LogP contribution in [0.1, 0.15) is 25.3 Å². The van der Waals surface area contributed by atoms with Gasteiger partial charge in [-0.3, -0.25) is 9.59 Å². The van der Waals surface area contributed by atoms with Crippen LogP contribution in [0.25, 0.3) is 21.9 Å². The Kier molecular flexibility index (Phi) is 7.44. The third kappa shape index (κ3) is 5.34. The van der Waals surface area contributed by atoms with E-state index in [1.54, 1.807) is 21.3 Å². The summed E-state index contributed by atoms with van der Waals surface area (Å²) in [7, 11) is 4.80. The molecule has 1 aliphatic rings. The summed E-state index contributed by atoms with van der Waals surface area (Å²) in [6.07, 6.45) is 1.61. The predicted octanol–water partition coefficient (Wildman–Crippen LogP) is 4.20. The lowest BCUT2D eigenvalue weighted by atomic mass is 9.98. The SMILES string of the molecule is CCC(=O)NC1CCN(C(=O)Cc2ccc3cc(-c4cc(OC)c(OC)c(OC)c4)ccc3c2)C1. The average Bonchev–Trinajstić information content (AvgIpc) is 3.35. The Bertz CT molecular complexity index is 1210. The molecule has 7 heteroatoms. The summed E-state index contributed by atoms with van der Waals surface area (Å²) in [5.74, 6) is 1.89. The average molecular weight is 477 g/mol. The fourth-order valence-corrected chi connectivity index (χ4v) is 4.55. The number of carbonyl (C=O) groups excluding carboxylic acids is 2. The van der Waals surface area contributed by atoms with Crippen LogP contribution in [-0.4, -0.2) is 57.2 Å². The van der Waals surface area contributed by atoms with E-state index in [1.807, 2.05) is 36.1 Å². The van der Waals surface area contributed by atoms with Crippen LogP contribution in [0.4, 0.5) is 0 Å². The maximum atomic E-state index is 12.8. The fraction of sp³-hybridized carbons (Fsp3) is 0.357. The molecule has 7 nitrogen and oxygen atoms in total. The number of benzene rings is 3. The third-order valence-electron chi connectivity index (χ3n) is 6.49. The van der Waals surface area contributed by atoms with E-state index in [1.165, 1.54) is 0 Å². The molecule has 1 aliphatic heterocycles. The fourth-order valence-electron chi connectivity index (χ4n) is 4.55. The number of carbonyl (C=O) groups is 2. The summed E-state index contributed by atoms with van der Waals surface area (Å²) in [6, 6.07) is 16.3. The highest BCUT2D eigenvalue weighted by Gasteiger charge is 2.27. The van der Waals surface area contributed by atoms with Gasteiger partial charge in [-0.05, 0) is 52.1 Å².